The summed E-state index contributed by atoms with van der Waals surface area (Å²) >= 11 is 0. The summed E-state index contributed by atoms with van der Waals surface area (Å²) in [4.78, 5) is 0. The van der Waals surface area contributed by atoms with E-state index in [1.54, 1.807) is 6.92 Å². The first kappa shape index (κ1) is 7110. The Balaban J connectivity index is -0.0000000200. The summed E-state index contributed by atoms with van der Waals surface area (Å²) in [6.45, 7) is 2.56. The van der Waals surface area contributed by atoms with Crippen molar-refractivity contribution in [1.82, 2.24) is 0 Å². The summed E-state index contributed by atoms with van der Waals surface area (Å²) in [6, 6.07) is 0. The number of aliphatic hydroxyl groups excluding tert-OH is 1. The minimum Gasteiger partial charge on any atom is -0.566 e. The first-order chi connectivity index (χ1) is 1.41. The minimum atomic E-state index is 0. The standard InChI is InChI=1S/C2H5O.2Rf/c1-2-3;;/h2-3H,1H3;;/q-1;;. The van der Waals surface area contributed by atoms with Crippen LogP contribution < -0.4 is 0 Å². The number of hydrogen-bond donors (Lipinski definition) is 1. The summed E-state index contributed by atoms with van der Waals surface area (Å²) in [6.07, 6.45) is 0. The third-order valence-electron chi connectivity index (χ3n) is 0. The zero-order valence-corrected chi connectivity index (χ0v) is 16.2. The summed E-state index contributed by atoms with van der Waals surface area (Å²) in [7, 11) is 0. The Kier molecular flexibility index (Phi) is 2370. The molecule has 0 aromatic carbocycles. The molecular formula is C2H5ORf2-. The topological polar surface area (TPSA) is 20.2 Å². The van der Waals surface area contributed by atoms with Crippen molar-refractivity contribution >= 4 is 0 Å². The van der Waals surface area contributed by atoms with Crippen LogP contribution in [-0.4, -0.2) is 5.11 Å². The van der Waals surface area contributed by atoms with E-state index in [9.17, 15) is 0 Å². The molecule has 0 heterocycles. The van der Waals surface area contributed by atoms with Gasteiger partial charge in [-0.05, 0) is 0 Å². The Labute approximate surface area is 19.9 Å². The van der Waals surface area contributed by atoms with Crippen molar-refractivity contribution in [1.29, 1.82) is 0 Å². The van der Waals surface area contributed by atoms with E-state index in [-0.39, 0.29) is 0 Å². The van der Waals surface area contributed by atoms with Gasteiger partial charge in [-0.15, -0.1) is 0 Å². The Morgan fingerprint density at radius 1 is 1.40 bits per heavy atom. The van der Waals surface area contributed by atoms with E-state index in [2.05, 4.69) is 0 Å². The maximum Gasteiger partial charge on any atom is 0 e. The molecule has 0 spiro atoms. The zero-order valence-electron chi connectivity index (χ0n) is 3.44. The van der Waals surface area contributed by atoms with Gasteiger partial charge in [-0.1, -0.05) is 0 Å². The molecule has 0 aliphatic rings. The molecule has 0 saturated carbocycles. The zero-order chi connectivity index (χ0) is 2.71. The minimum absolute atomic E-state index is 0. The number of aliphatic hydroxyl groups is 1. The van der Waals surface area contributed by atoms with E-state index in [1.807, 2.05) is 0 Å². The predicted molar refractivity (Wildman–Crippen MR) is 11.9 cm³/mol. The molecule has 5 heavy (non-hydrogen) atoms. The largest absolute Gasteiger partial charge is 0.566 e. The second-order valence-corrected chi connectivity index (χ2v) is 0.258. The molecule has 0 radical (unpaired) electrons. The van der Waals surface area contributed by atoms with Crippen LogP contribution in [-0.2, 0) is 0 Å². The van der Waals surface area contributed by atoms with Crippen LogP contribution in [0.15, 0.2) is 0 Å². The Hall–Kier alpha value is -2.04. The quantitative estimate of drug-likeness (QED) is 0.416. The van der Waals surface area contributed by atoms with Gasteiger partial charge in [0.2, 0.25) is 0 Å². The third-order valence-corrected chi connectivity index (χ3v) is 0. The van der Waals surface area contributed by atoms with Crippen LogP contribution >= 0.6 is 0 Å². The van der Waals surface area contributed by atoms with Crippen LogP contribution in [0.4, 0.5) is 0 Å². The van der Waals surface area contributed by atoms with Crippen LogP contribution in [0.5, 0.6) is 0 Å². The molecule has 0 saturated heterocycles. The van der Waals surface area contributed by atoms with Gasteiger partial charge in [0.25, 0.3) is 0 Å². The van der Waals surface area contributed by atoms with Gasteiger partial charge >= 0.3 is 0 Å². The summed E-state index contributed by atoms with van der Waals surface area (Å²) < 4.78 is 0. The maximum absolute atomic E-state index is 7.44. The van der Waals surface area contributed by atoms with E-state index in [4.69, 9.17) is 5.11 Å². The molecule has 0 unspecified atom stereocenters. The first-order valence-electron chi connectivity index (χ1n) is 0.836. The van der Waals surface area contributed by atoms with Gasteiger partial charge in [-0.25, -0.2) is 6.61 Å². The molecule has 0 aromatic heterocycles. The van der Waals surface area contributed by atoms with Gasteiger partial charge in [0.1, 0.15) is 0 Å². The van der Waals surface area contributed by atoms with E-state index in [0.29, 0.717) is 0 Å². The SMILES string of the molecule is C[CH-]O.[Rf].[Rf]. The molecule has 0 aromatic rings. The monoisotopic (exact) mass is 579 g/mol. The van der Waals surface area contributed by atoms with Crippen LogP contribution in [0, 0.1) is 6.61 Å². The summed E-state index contributed by atoms with van der Waals surface area (Å²) in [5, 5.41) is 7.44. The van der Waals surface area contributed by atoms with Crippen LogP contribution in [0.1, 0.15) is 6.92 Å². The number of rotatable bonds is 0. The van der Waals surface area contributed by atoms with E-state index in [0.717, 1.165) is 6.61 Å². The maximum atomic E-state index is 7.44. The van der Waals surface area contributed by atoms with Crippen molar-refractivity contribution in [2.75, 3.05) is 0 Å². The molecule has 0 amide bonds. The smallest absolute Gasteiger partial charge is 0 e. The molecular weight excluding hydrogens is 574 g/mol. The summed E-state index contributed by atoms with van der Waals surface area (Å²) in [5.74, 6) is 0. The van der Waals surface area contributed by atoms with Crippen molar-refractivity contribution in [3.63, 3.8) is 0 Å². The Bertz CT molecular complexity index is 7.61. The molecule has 0 rings (SSSR count). The predicted octanol–water partition coefficient (Wildman–Crippen LogP) is 0.541. The van der Waals surface area contributed by atoms with Gasteiger partial charge in [-0.3, -0.25) is 0 Å². The normalized spacial score (nSPS) is 3.60. The average Bonchev–Trinajstić information content (AvgIpc) is 0.918. The third kappa shape index (κ3) is 0.000754. The van der Waals surface area contributed by atoms with Crippen molar-refractivity contribution < 1.29 is 5.11 Å². The molecule has 1 N–H and O–H groups in total. The molecule has 24 valence electrons. The van der Waals surface area contributed by atoms with Gasteiger partial charge in [-0.2, -0.15) is 6.92 Å². The van der Waals surface area contributed by atoms with Gasteiger partial charge in [0, 0.05) is 0 Å². The van der Waals surface area contributed by atoms with Crippen LogP contribution in [0.3, 0.4) is 0 Å². The van der Waals surface area contributed by atoms with E-state index >= 15 is 0 Å². The molecule has 3 heteroatoms. The number of hydrogen-bond acceptors (Lipinski definition) is 1. The second-order valence-electron chi connectivity index (χ2n) is 0.258. The van der Waals surface area contributed by atoms with Crippen LogP contribution in [0.2, 0.25) is 0 Å². The van der Waals surface area contributed by atoms with E-state index in [1.165, 1.54) is 0 Å². The molecule has 0 atom stereocenters. The molecule has 0 fully saturated rings. The molecule has 0 aliphatic carbocycles. The molecule has 0 aliphatic heterocycles. The fourth-order valence-corrected chi connectivity index (χ4v) is 0. The van der Waals surface area contributed by atoms with Crippen molar-refractivity contribution in [3.05, 3.63) is 6.61 Å². The van der Waals surface area contributed by atoms with Gasteiger partial charge in [0.15, 0.2) is 0 Å². The Morgan fingerprint density at radius 3 is 1.40 bits per heavy atom. The van der Waals surface area contributed by atoms with Gasteiger partial charge in [0.05, 0.1) is 0 Å². The fourth-order valence-electron chi connectivity index (χ4n) is 0. The first-order valence-corrected chi connectivity index (χ1v) is 0.836. The van der Waals surface area contributed by atoms with Gasteiger partial charge < -0.3 is 5.11 Å². The van der Waals surface area contributed by atoms with Crippen molar-refractivity contribution in [2.45, 2.75) is 6.92 Å². The second kappa shape index (κ2) is 1.67. The van der Waals surface area contributed by atoms with Crippen molar-refractivity contribution in [3.8, 4) is 0 Å². The van der Waals surface area contributed by atoms with Crippen molar-refractivity contribution in [2.24, 2.45) is 0 Å². The fraction of sp³-hybridized carbons (Fsp3) is 0.500. The summed E-state index contributed by atoms with van der Waals surface area (Å²) in [5.41, 5.74) is 0. The average molecular weight is 579 g/mol. The van der Waals surface area contributed by atoms with E-state index < -0.39 is 0 Å². The molecule has 1 nitrogen and oxygen atoms in total. The Morgan fingerprint density at radius 2 is 1.40 bits per heavy atom. The molecule has 0 bridgehead atoms. The van der Waals surface area contributed by atoms with Crippen LogP contribution in [0.25, 0.3) is 0 Å².